The van der Waals surface area contributed by atoms with Gasteiger partial charge in [0.05, 0.1) is 11.9 Å². The molecule has 1 saturated heterocycles. The Morgan fingerprint density at radius 1 is 1.18 bits per heavy atom. The molecule has 9 nitrogen and oxygen atoms in total. The molecule has 1 aliphatic rings. The van der Waals surface area contributed by atoms with Gasteiger partial charge in [-0.25, -0.2) is 9.78 Å². The number of anilines is 2. The molecular weight excluding hydrogens is 362 g/mol. The number of ether oxygens (including phenoxy) is 2. The minimum absolute atomic E-state index is 0.251. The Balaban J connectivity index is 2.02. The van der Waals surface area contributed by atoms with Gasteiger partial charge in [-0.05, 0) is 27.8 Å². The molecule has 2 rings (SSSR count). The van der Waals surface area contributed by atoms with Crippen LogP contribution in [0.4, 0.5) is 16.3 Å². The molecular formula is C19H31N5O4. The highest BCUT2D eigenvalue weighted by Crippen LogP contribution is 2.27. The van der Waals surface area contributed by atoms with Crippen molar-refractivity contribution in [3.63, 3.8) is 0 Å². The van der Waals surface area contributed by atoms with Crippen molar-refractivity contribution in [1.29, 1.82) is 0 Å². The summed E-state index contributed by atoms with van der Waals surface area (Å²) in [5, 5.41) is 5.27. The zero-order valence-corrected chi connectivity index (χ0v) is 17.4. The van der Waals surface area contributed by atoms with Crippen LogP contribution in [0.5, 0.6) is 5.75 Å². The average molecular weight is 393 g/mol. The van der Waals surface area contributed by atoms with E-state index in [1.807, 2.05) is 0 Å². The zero-order valence-electron chi connectivity index (χ0n) is 17.4. The number of hydrogen-bond acceptors (Lipinski definition) is 7. The molecule has 9 heteroatoms. The lowest BCUT2D eigenvalue weighted by molar-refractivity contribution is -0.114. The predicted octanol–water partition coefficient (Wildman–Crippen LogP) is 2.01. The summed E-state index contributed by atoms with van der Waals surface area (Å²) in [6.45, 7) is 12.1. The maximum atomic E-state index is 12.2. The molecule has 1 aliphatic heterocycles. The monoisotopic (exact) mass is 393 g/mol. The smallest absolute Gasteiger partial charge is 0.412 e. The molecule has 0 atom stereocenters. The first-order valence-corrected chi connectivity index (χ1v) is 9.44. The highest BCUT2D eigenvalue weighted by atomic mass is 16.6. The van der Waals surface area contributed by atoms with E-state index in [1.54, 1.807) is 26.8 Å². The summed E-state index contributed by atoms with van der Waals surface area (Å²) in [6, 6.07) is 1.55. The van der Waals surface area contributed by atoms with Gasteiger partial charge in [0.15, 0.2) is 5.75 Å². The van der Waals surface area contributed by atoms with Crippen LogP contribution in [0.3, 0.4) is 0 Å². The molecule has 1 aromatic rings. The number of aromatic nitrogens is 1. The molecule has 2 N–H and O–H groups in total. The number of carbonyl (C=O) groups excluding carboxylic acids is 2. The molecule has 156 valence electrons. The van der Waals surface area contributed by atoms with Crippen LogP contribution in [0.2, 0.25) is 0 Å². The number of amides is 2. The van der Waals surface area contributed by atoms with E-state index in [1.165, 1.54) is 13.1 Å². The van der Waals surface area contributed by atoms with Crippen molar-refractivity contribution in [3.05, 3.63) is 12.3 Å². The number of nitrogens with zero attached hydrogens (tertiary/aromatic N) is 3. The molecule has 1 aromatic heterocycles. The van der Waals surface area contributed by atoms with Gasteiger partial charge < -0.3 is 19.7 Å². The number of likely N-dealkylation sites (N-methyl/N-ethyl adjacent to an activating group) is 1. The fourth-order valence-corrected chi connectivity index (χ4v) is 2.67. The van der Waals surface area contributed by atoms with Gasteiger partial charge in [0, 0.05) is 45.7 Å². The van der Waals surface area contributed by atoms with E-state index in [9.17, 15) is 9.59 Å². The maximum absolute atomic E-state index is 12.2. The molecule has 0 bridgehead atoms. The van der Waals surface area contributed by atoms with E-state index < -0.39 is 11.7 Å². The van der Waals surface area contributed by atoms with E-state index in [2.05, 4.69) is 32.5 Å². The quantitative estimate of drug-likeness (QED) is 0.763. The van der Waals surface area contributed by atoms with Gasteiger partial charge in [0.2, 0.25) is 5.91 Å². The topological polar surface area (TPSA) is 96.0 Å². The maximum Gasteiger partial charge on any atom is 0.412 e. The molecule has 2 heterocycles. The number of rotatable bonds is 6. The Morgan fingerprint density at radius 3 is 2.46 bits per heavy atom. The first-order chi connectivity index (χ1) is 13.1. The van der Waals surface area contributed by atoms with Gasteiger partial charge in [0.25, 0.3) is 0 Å². The summed E-state index contributed by atoms with van der Waals surface area (Å²) >= 11 is 0. The summed E-state index contributed by atoms with van der Waals surface area (Å²) in [4.78, 5) is 32.2. The molecule has 0 spiro atoms. The third kappa shape index (κ3) is 7.69. The lowest BCUT2D eigenvalue weighted by Gasteiger charge is -2.32. The van der Waals surface area contributed by atoms with Crippen LogP contribution in [0, 0.1) is 0 Å². The van der Waals surface area contributed by atoms with Gasteiger partial charge in [-0.15, -0.1) is 0 Å². The molecule has 0 aliphatic carbocycles. The molecule has 1 fully saturated rings. The second-order valence-corrected chi connectivity index (χ2v) is 7.87. The fourth-order valence-electron chi connectivity index (χ4n) is 2.67. The summed E-state index contributed by atoms with van der Waals surface area (Å²) in [5.41, 5.74) is -0.230. The van der Waals surface area contributed by atoms with E-state index in [0.717, 1.165) is 32.7 Å². The highest BCUT2D eigenvalue weighted by Gasteiger charge is 2.19. The lowest BCUT2D eigenvalue weighted by Crippen LogP contribution is -2.45. The second kappa shape index (κ2) is 9.70. The molecule has 2 amide bonds. The lowest BCUT2D eigenvalue weighted by atomic mass is 10.2. The molecule has 0 unspecified atom stereocenters. The summed E-state index contributed by atoms with van der Waals surface area (Å²) in [5.74, 6) is 0.499. The predicted molar refractivity (Wildman–Crippen MR) is 108 cm³/mol. The Bertz CT molecular complexity index is 681. The first-order valence-electron chi connectivity index (χ1n) is 9.44. The highest BCUT2D eigenvalue weighted by molar-refractivity contribution is 5.91. The van der Waals surface area contributed by atoms with Crippen LogP contribution < -0.4 is 15.4 Å². The largest absolute Gasteiger partial charge is 0.488 e. The number of hydrogen-bond donors (Lipinski definition) is 2. The van der Waals surface area contributed by atoms with E-state index in [0.29, 0.717) is 23.9 Å². The van der Waals surface area contributed by atoms with Crippen LogP contribution in [0.1, 0.15) is 27.7 Å². The molecule has 0 radical (unpaired) electrons. The molecule has 0 saturated carbocycles. The first kappa shape index (κ1) is 21.9. The summed E-state index contributed by atoms with van der Waals surface area (Å²) < 4.78 is 11.2. The van der Waals surface area contributed by atoms with Crippen LogP contribution in [0.25, 0.3) is 0 Å². The van der Waals surface area contributed by atoms with E-state index >= 15 is 0 Å². The van der Waals surface area contributed by atoms with E-state index in [4.69, 9.17) is 9.47 Å². The van der Waals surface area contributed by atoms with Crippen molar-refractivity contribution in [3.8, 4) is 5.75 Å². The minimum Gasteiger partial charge on any atom is -0.488 e. The summed E-state index contributed by atoms with van der Waals surface area (Å²) in [6.07, 6.45) is 0.887. The van der Waals surface area contributed by atoms with Crippen LogP contribution in [-0.4, -0.2) is 78.8 Å². The Hall–Kier alpha value is -2.39. The van der Waals surface area contributed by atoms with Crippen LogP contribution >= 0.6 is 0 Å². The molecule has 0 aromatic carbocycles. The summed E-state index contributed by atoms with van der Waals surface area (Å²) in [7, 11) is 2.12. The van der Waals surface area contributed by atoms with Crippen molar-refractivity contribution < 1.29 is 19.1 Å². The Kier molecular flexibility index (Phi) is 7.59. The zero-order chi connectivity index (χ0) is 20.7. The third-order valence-electron chi connectivity index (χ3n) is 4.07. The van der Waals surface area contributed by atoms with Crippen LogP contribution in [-0.2, 0) is 9.53 Å². The van der Waals surface area contributed by atoms with Crippen molar-refractivity contribution in [2.75, 3.05) is 57.0 Å². The Labute approximate surface area is 166 Å². The standard InChI is InChI=1S/C19H31N5O4/c1-14(25)21-17-12-15(22-18(26)28-19(2,3)4)16(13-20-17)27-11-10-24-8-6-23(5)7-9-24/h12-13H,6-11H2,1-5H3,(H2,20,21,22,25,26). The van der Waals surface area contributed by atoms with Gasteiger partial charge in [-0.2, -0.15) is 0 Å². The van der Waals surface area contributed by atoms with Gasteiger partial charge in [0.1, 0.15) is 18.0 Å². The number of piperazine rings is 1. The third-order valence-corrected chi connectivity index (χ3v) is 4.07. The normalized spacial score (nSPS) is 15.8. The van der Waals surface area contributed by atoms with Gasteiger partial charge >= 0.3 is 6.09 Å². The van der Waals surface area contributed by atoms with Crippen molar-refractivity contribution in [2.24, 2.45) is 0 Å². The Morgan fingerprint density at radius 2 is 1.86 bits per heavy atom. The average Bonchev–Trinajstić information content (AvgIpc) is 2.56. The second-order valence-electron chi connectivity index (χ2n) is 7.87. The van der Waals surface area contributed by atoms with Crippen molar-refractivity contribution >= 4 is 23.5 Å². The molecule has 28 heavy (non-hydrogen) atoms. The number of pyridine rings is 1. The minimum atomic E-state index is -0.625. The van der Waals surface area contributed by atoms with Crippen LogP contribution in [0.15, 0.2) is 12.3 Å². The number of carbonyl (C=O) groups is 2. The van der Waals surface area contributed by atoms with Crippen molar-refractivity contribution in [2.45, 2.75) is 33.3 Å². The SMILES string of the molecule is CC(=O)Nc1cc(NC(=O)OC(C)(C)C)c(OCCN2CCN(C)CC2)cn1. The number of nitrogens with one attached hydrogen (secondary N) is 2. The van der Waals surface area contributed by atoms with E-state index in [-0.39, 0.29) is 5.91 Å². The van der Waals surface area contributed by atoms with Gasteiger partial charge in [-0.3, -0.25) is 15.0 Å². The van der Waals surface area contributed by atoms with Gasteiger partial charge in [-0.1, -0.05) is 0 Å². The fraction of sp³-hybridized carbons (Fsp3) is 0.632. The van der Waals surface area contributed by atoms with Crippen molar-refractivity contribution in [1.82, 2.24) is 14.8 Å².